The van der Waals surface area contributed by atoms with Crippen LogP contribution in [0.2, 0.25) is 0 Å². The van der Waals surface area contributed by atoms with Crippen molar-refractivity contribution in [2.24, 2.45) is 0 Å². The maximum atomic E-state index is 12.3. The van der Waals surface area contributed by atoms with Crippen LogP contribution >= 0.6 is 0 Å². The summed E-state index contributed by atoms with van der Waals surface area (Å²) in [4.78, 5) is 15.9. The summed E-state index contributed by atoms with van der Waals surface area (Å²) in [5.74, 6) is 0. The maximum Gasteiger partial charge on any atom is 0.324 e. The number of benzene rings is 1. The van der Waals surface area contributed by atoms with E-state index in [0.29, 0.717) is 0 Å². The second-order valence-electron chi connectivity index (χ2n) is 5.23. The number of nitrogens with zero attached hydrogens (tertiary/aromatic N) is 2. The van der Waals surface area contributed by atoms with Gasteiger partial charge in [0.05, 0.1) is 5.54 Å². The summed E-state index contributed by atoms with van der Waals surface area (Å²) in [7, 11) is 1.79. The predicted octanol–water partition coefficient (Wildman–Crippen LogP) is 3.19. The highest BCUT2D eigenvalue weighted by Gasteiger charge is 2.37. The SMILES string of the molecule is C=C1CCN(C(C)(C)c2ccccc2)C(=O)N1C. The van der Waals surface area contributed by atoms with Crippen molar-refractivity contribution in [1.82, 2.24) is 9.80 Å². The first-order chi connectivity index (χ1) is 8.44. The number of carbonyl (C=O) groups is 1. The third-order valence-electron chi connectivity index (χ3n) is 3.77. The number of rotatable bonds is 2. The Morgan fingerprint density at radius 1 is 1.22 bits per heavy atom. The third-order valence-corrected chi connectivity index (χ3v) is 3.77. The van der Waals surface area contributed by atoms with Gasteiger partial charge in [-0.15, -0.1) is 0 Å². The van der Waals surface area contributed by atoms with Crippen LogP contribution in [0.4, 0.5) is 4.79 Å². The summed E-state index contributed by atoms with van der Waals surface area (Å²) in [5.41, 5.74) is 1.74. The number of urea groups is 1. The molecule has 1 aliphatic rings. The minimum atomic E-state index is -0.298. The lowest BCUT2D eigenvalue weighted by Crippen LogP contribution is -2.54. The number of carbonyl (C=O) groups excluding carboxylic acids is 1. The first-order valence-electron chi connectivity index (χ1n) is 6.23. The third kappa shape index (κ3) is 2.01. The van der Waals surface area contributed by atoms with E-state index < -0.39 is 0 Å². The van der Waals surface area contributed by atoms with Crippen LogP contribution in [0.25, 0.3) is 0 Å². The van der Waals surface area contributed by atoms with Gasteiger partial charge < -0.3 is 9.80 Å². The van der Waals surface area contributed by atoms with Crippen LogP contribution in [0.15, 0.2) is 42.6 Å². The van der Waals surface area contributed by atoms with Crippen molar-refractivity contribution in [2.45, 2.75) is 25.8 Å². The molecule has 0 bridgehead atoms. The molecule has 1 aliphatic heterocycles. The first-order valence-corrected chi connectivity index (χ1v) is 6.23. The molecule has 0 atom stereocenters. The van der Waals surface area contributed by atoms with E-state index in [-0.39, 0.29) is 11.6 Å². The Morgan fingerprint density at radius 2 is 1.83 bits per heavy atom. The molecule has 0 aromatic heterocycles. The molecule has 3 nitrogen and oxygen atoms in total. The Bertz CT molecular complexity index is 465. The average Bonchev–Trinajstić information content (AvgIpc) is 2.37. The lowest BCUT2D eigenvalue weighted by Gasteiger charge is -2.44. The molecular weight excluding hydrogens is 224 g/mol. The molecule has 1 fully saturated rings. The average molecular weight is 244 g/mol. The lowest BCUT2D eigenvalue weighted by molar-refractivity contribution is 0.0984. The highest BCUT2D eigenvalue weighted by Crippen LogP contribution is 2.32. The van der Waals surface area contributed by atoms with Crippen LogP contribution < -0.4 is 0 Å². The van der Waals surface area contributed by atoms with Crippen LogP contribution in [0, 0.1) is 0 Å². The highest BCUT2D eigenvalue weighted by atomic mass is 16.2. The van der Waals surface area contributed by atoms with Crippen LogP contribution in [0.5, 0.6) is 0 Å². The zero-order chi connectivity index (χ0) is 13.3. The smallest absolute Gasteiger partial charge is 0.315 e. The summed E-state index contributed by atoms with van der Waals surface area (Å²) in [6.45, 7) is 8.81. The fourth-order valence-corrected chi connectivity index (χ4v) is 2.34. The molecule has 1 heterocycles. The zero-order valence-corrected chi connectivity index (χ0v) is 11.3. The Balaban J connectivity index is 2.31. The summed E-state index contributed by atoms with van der Waals surface area (Å²) in [6, 6.07) is 10.2. The van der Waals surface area contributed by atoms with Gasteiger partial charge in [-0.25, -0.2) is 4.79 Å². The Labute approximate surface area is 109 Å². The van der Waals surface area contributed by atoms with Gasteiger partial charge in [-0.3, -0.25) is 0 Å². The summed E-state index contributed by atoms with van der Waals surface area (Å²) < 4.78 is 0. The second kappa shape index (κ2) is 4.48. The van der Waals surface area contributed by atoms with Gasteiger partial charge in [0.15, 0.2) is 0 Å². The Kier molecular flexibility index (Phi) is 3.16. The van der Waals surface area contributed by atoms with Gasteiger partial charge in [-0.2, -0.15) is 0 Å². The zero-order valence-electron chi connectivity index (χ0n) is 11.3. The molecule has 0 N–H and O–H groups in total. The summed E-state index contributed by atoms with van der Waals surface area (Å²) in [5, 5.41) is 0. The minimum absolute atomic E-state index is 0.0279. The monoisotopic (exact) mass is 244 g/mol. The normalized spacial score (nSPS) is 17.3. The van der Waals surface area contributed by atoms with Crippen molar-refractivity contribution >= 4 is 6.03 Å². The molecule has 0 radical (unpaired) electrons. The Morgan fingerprint density at radius 3 is 2.44 bits per heavy atom. The molecule has 1 saturated heterocycles. The van der Waals surface area contributed by atoms with Gasteiger partial charge >= 0.3 is 6.03 Å². The topological polar surface area (TPSA) is 23.6 Å². The molecule has 2 rings (SSSR count). The van der Waals surface area contributed by atoms with Crippen molar-refractivity contribution in [1.29, 1.82) is 0 Å². The fraction of sp³-hybridized carbons (Fsp3) is 0.400. The van der Waals surface area contributed by atoms with Crippen molar-refractivity contribution in [2.75, 3.05) is 13.6 Å². The largest absolute Gasteiger partial charge is 0.324 e. The van der Waals surface area contributed by atoms with E-state index in [1.165, 1.54) is 0 Å². The van der Waals surface area contributed by atoms with Gasteiger partial charge in [-0.05, 0) is 19.4 Å². The van der Waals surface area contributed by atoms with E-state index in [1.54, 1.807) is 11.9 Å². The quantitative estimate of drug-likeness (QED) is 0.783. The summed E-state index contributed by atoms with van der Waals surface area (Å²) in [6.07, 6.45) is 0.832. The van der Waals surface area contributed by atoms with Crippen LogP contribution in [-0.2, 0) is 5.54 Å². The molecule has 18 heavy (non-hydrogen) atoms. The fourth-order valence-electron chi connectivity index (χ4n) is 2.34. The van der Waals surface area contributed by atoms with E-state index in [9.17, 15) is 4.79 Å². The molecule has 3 heteroatoms. The summed E-state index contributed by atoms with van der Waals surface area (Å²) >= 11 is 0. The predicted molar refractivity (Wildman–Crippen MR) is 73.1 cm³/mol. The van der Waals surface area contributed by atoms with Gasteiger partial charge in [0.1, 0.15) is 0 Å². The van der Waals surface area contributed by atoms with Crippen LogP contribution in [-0.4, -0.2) is 29.4 Å². The molecule has 2 amide bonds. The molecule has 1 aromatic rings. The molecule has 0 spiro atoms. The molecular formula is C15H20N2O. The standard InChI is InChI=1S/C15H20N2O/c1-12-10-11-17(14(18)16(12)4)15(2,3)13-8-6-5-7-9-13/h5-9H,1,10-11H2,2-4H3. The van der Waals surface area contributed by atoms with Gasteiger partial charge in [0.25, 0.3) is 0 Å². The van der Waals surface area contributed by atoms with Crippen molar-refractivity contribution in [3.05, 3.63) is 48.2 Å². The molecule has 0 aliphatic carbocycles. The van der Waals surface area contributed by atoms with E-state index in [4.69, 9.17) is 0 Å². The van der Waals surface area contributed by atoms with Crippen molar-refractivity contribution < 1.29 is 4.79 Å². The van der Waals surface area contributed by atoms with Gasteiger partial charge in [-0.1, -0.05) is 36.9 Å². The van der Waals surface area contributed by atoms with Crippen molar-refractivity contribution in [3.8, 4) is 0 Å². The van der Waals surface area contributed by atoms with Crippen molar-refractivity contribution in [3.63, 3.8) is 0 Å². The molecule has 0 unspecified atom stereocenters. The number of amides is 2. The van der Waals surface area contributed by atoms with E-state index >= 15 is 0 Å². The highest BCUT2D eigenvalue weighted by molar-refractivity contribution is 5.78. The van der Waals surface area contributed by atoms with E-state index in [2.05, 4.69) is 32.6 Å². The molecule has 96 valence electrons. The molecule has 1 aromatic carbocycles. The van der Waals surface area contributed by atoms with Gasteiger partial charge in [0, 0.05) is 25.7 Å². The van der Waals surface area contributed by atoms with Gasteiger partial charge in [0.2, 0.25) is 0 Å². The van der Waals surface area contributed by atoms with Crippen LogP contribution in [0.3, 0.4) is 0 Å². The number of hydrogen-bond acceptors (Lipinski definition) is 1. The number of hydrogen-bond donors (Lipinski definition) is 0. The van der Waals surface area contributed by atoms with Crippen LogP contribution in [0.1, 0.15) is 25.8 Å². The minimum Gasteiger partial charge on any atom is -0.315 e. The Hall–Kier alpha value is -1.77. The van der Waals surface area contributed by atoms with E-state index in [0.717, 1.165) is 24.2 Å². The molecule has 0 saturated carbocycles. The first kappa shape index (κ1) is 12.7. The second-order valence-corrected chi connectivity index (χ2v) is 5.23. The van der Waals surface area contributed by atoms with E-state index in [1.807, 2.05) is 23.1 Å². The maximum absolute atomic E-state index is 12.3. The lowest BCUT2D eigenvalue weighted by atomic mass is 9.91.